The molecule has 5 heteroatoms. The third kappa shape index (κ3) is 2.93. The monoisotopic (exact) mass is 331 g/mol. The Bertz CT molecular complexity index is 1030. The predicted octanol–water partition coefficient (Wildman–Crippen LogP) is 3.96. The number of rotatable bonds is 5. The van der Waals surface area contributed by atoms with Crippen molar-refractivity contribution in [1.82, 2.24) is 19.5 Å². The molecule has 0 saturated heterocycles. The highest BCUT2D eigenvalue weighted by molar-refractivity contribution is 5.89. The van der Waals surface area contributed by atoms with Gasteiger partial charge in [0.1, 0.15) is 18.0 Å². The molecule has 0 spiro atoms. The van der Waals surface area contributed by atoms with Gasteiger partial charge in [-0.25, -0.2) is 15.0 Å². The number of nitrogens with one attached hydrogen (secondary N) is 1. The Balaban J connectivity index is 1.56. The van der Waals surface area contributed by atoms with Gasteiger partial charge in [0.05, 0.1) is 16.6 Å². The lowest BCUT2D eigenvalue weighted by Crippen LogP contribution is -2.11. The molecule has 25 heavy (non-hydrogen) atoms. The molecule has 0 unspecified atom stereocenters. The van der Waals surface area contributed by atoms with Crippen molar-refractivity contribution in [2.75, 3.05) is 11.9 Å². The van der Waals surface area contributed by atoms with E-state index >= 15 is 0 Å². The lowest BCUT2D eigenvalue weighted by molar-refractivity contribution is 0.717. The van der Waals surface area contributed by atoms with Crippen LogP contribution in [0.25, 0.3) is 21.9 Å². The molecular formula is C20H21N5. The molecule has 1 N–H and O–H groups in total. The second kappa shape index (κ2) is 6.51. The third-order valence-corrected chi connectivity index (χ3v) is 4.48. The van der Waals surface area contributed by atoms with Crippen LogP contribution in [-0.4, -0.2) is 26.1 Å². The van der Waals surface area contributed by atoms with Gasteiger partial charge in [-0.05, 0) is 38.1 Å². The molecule has 0 atom stereocenters. The molecule has 0 bridgehead atoms. The van der Waals surface area contributed by atoms with Gasteiger partial charge in [0.25, 0.3) is 0 Å². The van der Waals surface area contributed by atoms with Crippen LogP contribution in [0.2, 0.25) is 0 Å². The van der Waals surface area contributed by atoms with E-state index in [0.717, 1.165) is 47.6 Å². The minimum atomic E-state index is 0.781. The van der Waals surface area contributed by atoms with Gasteiger partial charge in [0.15, 0.2) is 0 Å². The van der Waals surface area contributed by atoms with Gasteiger partial charge in [-0.15, -0.1) is 0 Å². The van der Waals surface area contributed by atoms with Gasteiger partial charge < -0.3 is 9.88 Å². The van der Waals surface area contributed by atoms with E-state index in [1.165, 1.54) is 11.1 Å². The van der Waals surface area contributed by atoms with Gasteiger partial charge in [-0.3, -0.25) is 0 Å². The standard InChI is InChI=1S/C20H21N5/c1-3-25-18-7-5-4-6-17(18)24-19(25)10-11-21-20-15-12-14(2)8-9-16(15)22-13-23-20/h4-9,12-13H,3,10-11H2,1-2H3,(H,21,22,23). The molecule has 4 rings (SSSR count). The fraction of sp³-hybridized carbons (Fsp3) is 0.250. The van der Waals surface area contributed by atoms with Crippen LogP contribution in [0, 0.1) is 6.92 Å². The van der Waals surface area contributed by atoms with Crippen LogP contribution >= 0.6 is 0 Å². The van der Waals surface area contributed by atoms with Gasteiger partial charge in [0, 0.05) is 24.9 Å². The molecular weight excluding hydrogens is 310 g/mol. The topological polar surface area (TPSA) is 55.6 Å². The molecule has 2 heterocycles. The van der Waals surface area contributed by atoms with Crippen LogP contribution in [0.3, 0.4) is 0 Å². The van der Waals surface area contributed by atoms with Crippen LogP contribution in [0.15, 0.2) is 48.8 Å². The molecule has 4 aromatic rings. The Morgan fingerprint density at radius 2 is 1.92 bits per heavy atom. The first-order valence-corrected chi connectivity index (χ1v) is 8.65. The number of hydrogen-bond donors (Lipinski definition) is 1. The minimum absolute atomic E-state index is 0.781. The summed E-state index contributed by atoms with van der Waals surface area (Å²) in [4.78, 5) is 13.5. The van der Waals surface area contributed by atoms with Crippen molar-refractivity contribution < 1.29 is 0 Å². The van der Waals surface area contributed by atoms with Crippen molar-refractivity contribution in [3.8, 4) is 0 Å². The summed E-state index contributed by atoms with van der Waals surface area (Å²) in [7, 11) is 0. The first-order chi connectivity index (χ1) is 12.3. The van der Waals surface area contributed by atoms with Gasteiger partial charge >= 0.3 is 0 Å². The molecule has 2 aromatic carbocycles. The number of para-hydroxylation sites is 2. The van der Waals surface area contributed by atoms with Crippen LogP contribution in [-0.2, 0) is 13.0 Å². The first kappa shape index (κ1) is 15.6. The van der Waals surface area contributed by atoms with Crippen molar-refractivity contribution in [1.29, 1.82) is 0 Å². The van der Waals surface area contributed by atoms with E-state index in [1.807, 2.05) is 12.1 Å². The summed E-state index contributed by atoms with van der Waals surface area (Å²) in [6, 6.07) is 14.5. The SMILES string of the molecule is CCn1c(CCNc2ncnc3ccc(C)cc23)nc2ccccc21. The van der Waals surface area contributed by atoms with Crippen LogP contribution in [0.1, 0.15) is 18.3 Å². The van der Waals surface area contributed by atoms with Crippen LogP contribution < -0.4 is 5.32 Å². The fourth-order valence-electron chi connectivity index (χ4n) is 3.27. The quantitative estimate of drug-likeness (QED) is 0.601. The summed E-state index contributed by atoms with van der Waals surface area (Å²) in [5.74, 6) is 1.98. The van der Waals surface area contributed by atoms with Gasteiger partial charge in [-0.1, -0.05) is 23.8 Å². The van der Waals surface area contributed by atoms with Crippen LogP contribution in [0.4, 0.5) is 5.82 Å². The summed E-state index contributed by atoms with van der Waals surface area (Å²) >= 11 is 0. The fourth-order valence-corrected chi connectivity index (χ4v) is 3.27. The van der Waals surface area contributed by atoms with E-state index < -0.39 is 0 Å². The molecule has 0 aliphatic carbocycles. The van der Waals surface area contributed by atoms with Crippen molar-refractivity contribution >= 4 is 27.8 Å². The highest BCUT2D eigenvalue weighted by atomic mass is 15.1. The zero-order chi connectivity index (χ0) is 17.2. The maximum Gasteiger partial charge on any atom is 0.137 e. The van der Waals surface area contributed by atoms with Crippen molar-refractivity contribution in [2.24, 2.45) is 0 Å². The highest BCUT2D eigenvalue weighted by Gasteiger charge is 2.09. The summed E-state index contributed by atoms with van der Waals surface area (Å²) < 4.78 is 2.28. The lowest BCUT2D eigenvalue weighted by atomic mass is 10.1. The van der Waals surface area contributed by atoms with E-state index in [0.29, 0.717) is 0 Å². The average Bonchev–Trinajstić information content (AvgIpc) is 2.99. The number of imidazole rings is 1. The molecule has 0 aliphatic rings. The minimum Gasteiger partial charge on any atom is -0.369 e. The number of anilines is 1. The summed E-state index contributed by atoms with van der Waals surface area (Å²) in [5.41, 5.74) is 4.42. The normalized spacial score (nSPS) is 11.3. The Labute approximate surface area is 146 Å². The van der Waals surface area contributed by atoms with Gasteiger partial charge in [0.2, 0.25) is 0 Å². The predicted molar refractivity (Wildman–Crippen MR) is 102 cm³/mol. The summed E-state index contributed by atoms with van der Waals surface area (Å²) in [6.07, 6.45) is 2.46. The molecule has 0 amide bonds. The molecule has 0 saturated carbocycles. The maximum atomic E-state index is 4.78. The molecule has 126 valence electrons. The number of aryl methyl sites for hydroxylation is 2. The average molecular weight is 331 g/mol. The smallest absolute Gasteiger partial charge is 0.137 e. The largest absolute Gasteiger partial charge is 0.369 e. The molecule has 0 aliphatic heterocycles. The van der Waals surface area contributed by atoms with E-state index in [1.54, 1.807) is 6.33 Å². The number of benzene rings is 2. The molecule has 0 radical (unpaired) electrons. The molecule has 5 nitrogen and oxygen atoms in total. The van der Waals surface area contributed by atoms with E-state index in [9.17, 15) is 0 Å². The Morgan fingerprint density at radius 3 is 2.80 bits per heavy atom. The number of nitrogens with zero attached hydrogens (tertiary/aromatic N) is 4. The Hall–Kier alpha value is -2.95. The number of hydrogen-bond acceptors (Lipinski definition) is 4. The zero-order valence-electron chi connectivity index (χ0n) is 14.5. The summed E-state index contributed by atoms with van der Waals surface area (Å²) in [6.45, 7) is 5.94. The second-order valence-corrected chi connectivity index (χ2v) is 6.18. The summed E-state index contributed by atoms with van der Waals surface area (Å²) in [5, 5.41) is 4.52. The van der Waals surface area contributed by atoms with E-state index in [4.69, 9.17) is 4.98 Å². The van der Waals surface area contributed by atoms with E-state index in [-0.39, 0.29) is 0 Å². The maximum absolute atomic E-state index is 4.78. The lowest BCUT2D eigenvalue weighted by Gasteiger charge is -2.10. The van der Waals surface area contributed by atoms with Crippen LogP contribution in [0.5, 0.6) is 0 Å². The first-order valence-electron chi connectivity index (χ1n) is 8.65. The zero-order valence-corrected chi connectivity index (χ0v) is 14.5. The third-order valence-electron chi connectivity index (χ3n) is 4.48. The highest BCUT2D eigenvalue weighted by Crippen LogP contribution is 2.21. The Morgan fingerprint density at radius 1 is 1.04 bits per heavy atom. The Kier molecular flexibility index (Phi) is 4.06. The van der Waals surface area contributed by atoms with Crippen molar-refractivity contribution in [2.45, 2.75) is 26.8 Å². The number of aromatic nitrogens is 4. The number of fused-ring (bicyclic) bond motifs is 2. The van der Waals surface area contributed by atoms with Gasteiger partial charge in [-0.2, -0.15) is 0 Å². The molecule has 2 aromatic heterocycles. The van der Waals surface area contributed by atoms with Crippen molar-refractivity contribution in [3.63, 3.8) is 0 Å². The molecule has 0 fully saturated rings. The second-order valence-electron chi connectivity index (χ2n) is 6.18. The van der Waals surface area contributed by atoms with E-state index in [2.05, 4.69) is 64.0 Å². The van der Waals surface area contributed by atoms with Crippen molar-refractivity contribution in [3.05, 3.63) is 60.2 Å².